The highest BCUT2D eigenvalue weighted by Crippen LogP contribution is 2.38. The van der Waals surface area contributed by atoms with Crippen molar-refractivity contribution in [2.24, 2.45) is 0 Å². The Hall–Kier alpha value is -0.400. The first-order chi connectivity index (χ1) is 8.03. The number of rotatable bonds is 4. The van der Waals surface area contributed by atoms with E-state index in [1.54, 1.807) is 13.8 Å². The third-order valence-electron chi connectivity index (χ3n) is 2.10. The fourth-order valence-electron chi connectivity index (χ4n) is 1.25. The van der Waals surface area contributed by atoms with Crippen molar-refractivity contribution in [2.45, 2.75) is 24.0 Å². The zero-order valence-corrected chi connectivity index (χ0v) is 11.4. The molecular weight excluding hydrogens is 264 g/mol. The number of carbonyl (C=O) groups excluding carboxylic acids is 2. The molecule has 1 N–H and O–H groups in total. The first-order valence-corrected chi connectivity index (χ1v) is 7.38. The summed E-state index contributed by atoms with van der Waals surface area (Å²) in [6.45, 7) is 3.99. The largest absolute Gasteiger partial charge is 0.465 e. The Kier molecular flexibility index (Phi) is 5.61. The van der Waals surface area contributed by atoms with Crippen molar-refractivity contribution in [3.8, 4) is 0 Å². The summed E-state index contributed by atoms with van der Waals surface area (Å²) in [5.41, 5.74) is 0. The van der Waals surface area contributed by atoms with E-state index in [0.717, 1.165) is 11.8 Å². The zero-order chi connectivity index (χ0) is 12.9. The maximum absolute atomic E-state index is 11.5. The van der Waals surface area contributed by atoms with Gasteiger partial charge in [0.1, 0.15) is 5.25 Å². The van der Waals surface area contributed by atoms with Gasteiger partial charge in [0.25, 0.3) is 0 Å². The van der Waals surface area contributed by atoms with Crippen LogP contribution in [0.4, 0.5) is 0 Å². The van der Waals surface area contributed by atoms with Crippen LogP contribution in [0.2, 0.25) is 0 Å². The molecule has 0 unspecified atom stereocenters. The Morgan fingerprint density at radius 1 is 1.35 bits per heavy atom. The first kappa shape index (κ1) is 14.7. The van der Waals surface area contributed by atoms with Gasteiger partial charge in [-0.2, -0.15) is 0 Å². The van der Waals surface area contributed by atoms with Crippen LogP contribution in [0.25, 0.3) is 0 Å². The maximum atomic E-state index is 11.5. The lowest BCUT2D eigenvalue weighted by Crippen LogP contribution is -2.45. The molecule has 17 heavy (non-hydrogen) atoms. The highest BCUT2D eigenvalue weighted by atomic mass is 32.2. The minimum Gasteiger partial charge on any atom is -0.465 e. The third-order valence-corrected chi connectivity index (χ3v) is 5.13. The fraction of sp³-hybridized carbons (Fsp3) is 0.800. The summed E-state index contributed by atoms with van der Waals surface area (Å²) in [5, 5.41) is 9.69. The number of ether oxygens (including phenoxy) is 2. The smallest absolute Gasteiger partial charge is 0.349 e. The molecule has 2 atom stereocenters. The number of thioether (sulfide) groups is 2. The summed E-state index contributed by atoms with van der Waals surface area (Å²) in [7, 11) is 0. The standard InChI is InChI=1S/C10H16O5S2/c1-3-14-8(11)7-5-17-10(13,6-16-7)9(12)15-4-2/h7,13H,3-6H2,1-2H3/t7-,10-/m1/s1. The van der Waals surface area contributed by atoms with Crippen molar-refractivity contribution in [3.63, 3.8) is 0 Å². The topological polar surface area (TPSA) is 72.8 Å². The number of hydrogen-bond donors (Lipinski definition) is 1. The second kappa shape index (κ2) is 6.51. The minimum atomic E-state index is -1.54. The summed E-state index contributed by atoms with van der Waals surface area (Å²) in [4.78, 5) is 21.4. The van der Waals surface area contributed by atoms with Crippen LogP contribution in [-0.4, -0.2) is 51.9 Å². The lowest BCUT2D eigenvalue weighted by Gasteiger charge is -2.31. The van der Waals surface area contributed by atoms with Gasteiger partial charge in [-0.25, -0.2) is 4.79 Å². The second-order valence-electron chi connectivity index (χ2n) is 3.37. The zero-order valence-electron chi connectivity index (χ0n) is 9.80. The molecule has 0 spiro atoms. The van der Waals surface area contributed by atoms with E-state index < -0.39 is 10.9 Å². The van der Waals surface area contributed by atoms with Gasteiger partial charge < -0.3 is 14.6 Å². The van der Waals surface area contributed by atoms with E-state index in [1.807, 2.05) is 0 Å². The van der Waals surface area contributed by atoms with Gasteiger partial charge in [-0.3, -0.25) is 4.79 Å². The van der Waals surface area contributed by atoms with Gasteiger partial charge in [0.15, 0.2) is 0 Å². The van der Waals surface area contributed by atoms with Crippen molar-refractivity contribution in [1.82, 2.24) is 0 Å². The predicted molar refractivity (Wildman–Crippen MR) is 66.9 cm³/mol. The molecule has 1 fully saturated rings. The van der Waals surface area contributed by atoms with Crippen LogP contribution >= 0.6 is 23.5 Å². The molecule has 0 aromatic rings. The lowest BCUT2D eigenvalue weighted by molar-refractivity contribution is -0.154. The van der Waals surface area contributed by atoms with E-state index in [1.165, 1.54) is 11.8 Å². The van der Waals surface area contributed by atoms with Gasteiger partial charge >= 0.3 is 11.9 Å². The van der Waals surface area contributed by atoms with Crippen LogP contribution in [0.5, 0.6) is 0 Å². The third kappa shape index (κ3) is 3.79. The van der Waals surface area contributed by atoms with Gasteiger partial charge in [0, 0.05) is 11.5 Å². The molecule has 1 aliphatic heterocycles. The SMILES string of the molecule is CCOC(=O)[C@H]1CS[C@@](O)(C(=O)OCC)CS1. The Morgan fingerprint density at radius 2 is 2.00 bits per heavy atom. The van der Waals surface area contributed by atoms with E-state index in [4.69, 9.17) is 9.47 Å². The molecule has 1 aliphatic rings. The van der Waals surface area contributed by atoms with E-state index in [-0.39, 0.29) is 23.6 Å². The number of hydrogen-bond acceptors (Lipinski definition) is 7. The normalized spacial score (nSPS) is 28.5. The van der Waals surface area contributed by atoms with Crippen LogP contribution in [-0.2, 0) is 19.1 Å². The predicted octanol–water partition coefficient (Wildman–Crippen LogP) is 0.650. The Bertz CT molecular complexity index is 286. The monoisotopic (exact) mass is 280 g/mol. The van der Waals surface area contributed by atoms with Crippen LogP contribution in [0, 0.1) is 0 Å². The average Bonchev–Trinajstić information content (AvgIpc) is 2.30. The van der Waals surface area contributed by atoms with Gasteiger partial charge in [-0.05, 0) is 13.8 Å². The first-order valence-electron chi connectivity index (χ1n) is 5.35. The molecule has 0 amide bonds. The summed E-state index contributed by atoms with van der Waals surface area (Å²) in [6, 6.07) is 0. The lowest BCUT2D eigenvalue weighted by atomic mass is 10.4. The molecule has 0 radical (unpaired) electrons. The molecule has 0 aromatic heterocycles. The van der Waals surface area contributed by atoms with Crippen LogP contribution in [0.15, 0.2) is 0 Å². The van der Waals surface area contributed by atoms with Crippen molar-refractivity contribution >= 4 is 35.5 Å². The average molecular weight is 280 g/mol. The quantitative estimate of drug-likeness (QED) is 0.758. The summed E-state index contributed by atoms with van der Waals surface area (Å²) < 4.78 is 9.67. The molecule has 0 bridgehead atoms. The van der Waals surface area contributed by atoms with Gasteiger partial charge in [0.05, 0.1) is 13.2 Å². The molecule has 0 aliphatic carbocycles. The van der Waals surface area contributed by atoms with Crippen molar-refractivity contribution < 1.29 is 24.2 Å². The van der Waals surface area contributed by atoms with Crippen molar-refractivity contribution in [2.75, 3.05) is 24.7 Å². The van der Waals surface area contributed by atoms with Crippen LogP contribution in [0.3, 0.4) is 0 Å². The number of carbonyl (C=O) groups is 2. The highest BCUT2D eigenvalue weighted by Gasteiger charge is 2.44. The summed E-state index contributed by atoms with van der Waals surface area (Å²) in [5.74, 6) is -0.450. The van der Waals surface area contributed by atoms with E-state index >= 15 is 0 Å². The molecule has 5 nitrogen and oxygen atoms in total. The molecule has 1 saturated heterocycles. The molecular formula is C10H16O5S2. The van der Waals surface area contributed by atoms with Gasteiger partial charge in [-0.1, -0.05) is 0 Å². The molecule has 1 rings (SSSR count). The van der Waals surface area contributed by atoms with Gasteiger partial charge in [0.2, 0.25) is 4.93 Å². The highest BCUT2D eigenvalue weighted by molar-refractivity contribution is 8.08. The molecule has 1 heterocycles. The number of esters is 2. The molecule has 7 heteroatoms. The van der Waals surface area contributed by atoms with Crippen LogP contribution < -0.4 is 0 Å². The van der Waals surface area contributed by atoms with Crippen molar-refractivity contribution in [1.29, 1.82) is 0 Å². The van der Waals surface area contributed by atoms with Crippen molar-refractivity contribution in [3.05, 3.63) is 0 Å². The second-order valence-corrected chi connectivity index (χ2v) is 5.86. The molecule has 0 aromatic carbocycles. The van der Waals surface area contributed by atoms with Crippen LogP contribution in [0.1, 0.15) is 13.8 Å². The summed E-state index contributed by atoms with van der Waals surface area (Å²) >= 11 is 2.26. The Labute approximate surface area is 109 Å². The van der Waals surface area contributed by atoms with E-state index in [9.17, 15) is 14.7 Å². The fourth-order valence-corrected chi connectivity index (χ4v) is 3.87. The maximum Gasteiger partial charge on any atom is 0.349 e. The summed E-state index contributed by atoms with van der Waals surface area (Å²) in [6.07, 6.45) is 0. The van der Waals surface area contributed by atoms with Gasteiger partial charge in [-0.15, -0.1) is 23.5 Å². The minimum absolute atomic E-state index is 0.139. The van der Waals surface area contributed by atoms with E-state index in [0.29, 0.717) is 12.4 Å². The number of aliphatic hydroxyl groups is 1. The molecule has 0 saturated carbocycles. The Morgan fingerprint density at radius 3 is 2.47 bits per heavy atom. The van der Waals surface area contributed by atoms with E-state index in [2.05, 4.69) is 0 Å². The Balaban J connectivity index is 2.49. The molecule has 98 valence electrons.